The van der Waals surface area contributed by atoms with Gasteiger partial charge in [-0.2, -0.15) is 0 Å². The maximum Gasteiger partial charge on any atom is 0.306 e. The number of aliphatic hydroxyl groups is 7. The van der Waals surface area contributed by atoms with Gasteiger partial charge in [0.1, 0.15) is 54.9 Å². The molecule has 14 heteroatoms. The fourth-order valence-corrected chi connectivity index (χ4v) is 8.51. The second-order valence-electron chi connectivity index (χ2n) is 19.4. The maximum absolute atomic E-state index is 13.1. The van der Waals surface area contributed by atoms with E-state index >= 15 is 0 Å². The van der Waals surface area contributed by atoms with Gasteiger partial charge >= 0.3 is 5.97 Å². The molecule has 0 radical (unpaired) electrons. The zero-order valence-electron chi connectivity index (χ0n) is 43.9. The van der Waals surface area contributed by atoms with Crippen LogP contribution in [-0.4, -0.2) is 142 Å². The van der Waals surface area contributed by atoms with E-state index in [1.165, 1.54) is 89.9 Å². The summed E-state index contributed by atoms with van der Waals surface area (Å²) in [5, 5.41) is 72.2. The molecule has 0 aromatic heterocycles. The Balaban J connectivity index is 1.72. The third kappa shape index (κ3) is 31.2. The second kappa shape index (κ2) is 44.0. The van der Waals surface area contributed by atoms with Crippen molar-refractivity contribution in [2.24, 2.45) is 0 Å². The van der Waals surface area contributed by atoms with Crippen LogP contribution in [0.2, 0.25) is 0 Å². The molecule has 71 heavy (non-hydrogen) atoms. The lowest BCUT2D eigenvalue weighted by atomic mass is 9.98. The van der Waals surface area contributed by atoms with Crippen LogP contribution in [0.25, 0.3) is 0 Å². The minimum Gasteiger partial charge on any atom is -0.457 e. The molecule has 0 aromatic rings. The number of ether oxygens (including phenoxy) is 6. The van der Waals surface area contributed by atoms with Crippen LogP contribution < -0.4 is 0 Å². The summed E-state index contributed by atoms with van der Waals surface area (Å²) >= 11 is 0. The van der Waals surface area contributed by atoms with Crippen LogP contribution in [0.3, 0.4) is 0 Å². The highest BCUT2D eigenvalue weighted by atomic mass is 16.7. The van der Waals surface area contributed by atoms with Crippen molar-refractivity contribution in [1.82, 2.24) is 0 Å². The number of carbonyl (C=O) groups excluding carboxylic acids is 1. The highest BCUT2D eigenvalue weighted by Gasteiger charge is 2.47. The molecule has 2 aliphatic rings. The average molecular weight is 1010 g/mol. The molecular weight excluding hydrogens is 909 g/mol. The van der Waals surface area contributed by atoms with Crippen molar-refractivity contribution >= 4 is 5.97 Å². The van der Waals surface area contributed by atoms with E-state index in [1.807, 2.05) is 0 Å². The van der Waals surface area contributed by atoms with Gasteiger partial charge in [0.25, 0.3) is 0 Å². The van der Waals surface area contributed by atoms with Crippen molar-refractivity contribution in [1.29, 1.82) is 0 Å². The summed E-state index contributed by atoms with van der Waals surface area (Å²) < 4.78 is 34.3. The zero-order valence-corrected chi connectivity index (χ0v) is 43.9. The van der Waals surface area contributed by atoms with E-state index in [9.17, 15) is 40.5 Å². The largest absolute Gasteiger partial charge is 0.457 e. The summed E-state index contributed by atoms with van der Waals surface area (Å²) in [5.74, 6) is -0.388. The molecule has 2 rings (SSSR count). The molecule has 0 aliphatic carbocycles. The molecule has 412 valence electrons. The molecule has 0 aromatic carbocycles. The molecule has 0 bridgehead atoms. The lowest BCUT2D eigenvalue weighted by Gasteiger charge is -2.42. The quantitative estimate of drug-likeness (QED) is 0.0172. The van der Waals surface area contributed by atoms with Gasteiger partial charge in [0.15, 0.2) is 12.6 Å². The summed E-state index contributed by atoms with van der Waals surface area (Å²) in [6.45, 7) is 3.51. The van der Waals surface area contributed by atoms with Crippen molar-refractivity contribution in [3.05, 3.63) is 60.8 Å². The van der Waals surface area contributed by atoms with Gasteiger partial charge in [-0.3, -0.25) is 4.79 Å². The number of hydrogen-bond donors (Lipinski definition) is 7. The lowest BCUT2D eigenvalue weighted by molar-refractivity contribution is -0.332. The van der Waals surface area contributed by atoms with Crippen LogP contribution in [0.15, 0.2) is 60.8 Å². The average Bonchev–Trinajstić information content (AvgIpc) is 3.37. The van der Waals surface area contributed by atoms with Crippen LogP contribution in [0.1, 0.15) is 194 Å². The smallest absolute Gasteiger partial charge is 0.306 e. The van der Waals surface area contributed by atoms with E-state index in [4.69, 9.17) is 28.4 Å². The Labute approximate surface area is 428 Å². The first-order valence-electron chi connectivity index (χ1n) is 27.9. The first kappa shape index (κ1) is 64.8. The number of unbranched alkanes of at least 4 members (excludes halogenated alkanes) is 20. The monoisotopic (exact) mass is 1010 g/mol. The van der Waals surface area contributed by atoms with E-state index in [0.717, 1.165) is 77.0 Å². The van der Waals surface area contributed by atoms with Crippen molar-refractivity contribution in [3.63, 3.8) is 0 Å². The number of allylic oxidation sites excluding steroid dienone is 10. The van der Waals surface area contributed by atoms with E-state index < -0.39 is 80.7 Å². The highest BCUT2D eigenvalue weighted by molar-refractivity contribution is 5.69. The molecule has 2 fully saturated rings. The highest BCUT2D eigenvalue weighted by Crippen LogP contribution is 2.26. The molecule has 0 spiro atoms. The zero-order chi connectivity index (χ0) is 51.6. The van der Waals surface area contributed by atoms with Crippen molar-refractivity contribution < 1.29 is 69.0 Å². The standard InChI is InChI=1S/C57H100O14/c1-3-5-7-9-11-13-15-17-19-20-21-22-23-24-25-26-27-28-30-32-34-36-38-40-49(59)69-46(43-66-41-39-37-35-33-31-29-18-16-14-12-10-8-6-4-2)44-67-56-55(65)53(63)51(61)48(71-56)45-68-57-54(64)52(62)50(60)47(42-58)70-57/h6,8,12,14-15,17-18,20-21,29,46-48,50-58,60-65H,3-5,7,9-11,13,16,19,22-28,30-45H2,1-2H3/b8-6-,14-12-,17-15-,21-20-,29-18-. The summed E-state index contributed by atoms with van der Waals surface area (Å²) in [6, 6.07) is 0. The predicted molar refractivity (Wildman–Crippen MR) is 279 cm³/mol. The Bertz CT molecular complexity index is 1400. The Morgan fingerprint density at radius 2 is 0.915 bits per heavy atom. The van der Waals surface area contributed by atoms with Crippen LogP contribution >= 0.6 is 0 Å². The Morgan fingerprint density at radius 1 is 0.479 bits per heavy atom. The first-order chi connectivity index (χ1) is 34.6. The van der Waals surface area contributed by atoms with Gasteiger partial charge in [0.2, 0.25) is 0 Å². The third-order valence-corrected chi connectivity index (χ3v) is 13.0. The van der Waals surface area contributed by atoms with Gasteiger partial charge in [-0.25, -0.2) is 0 Å². The Hall–Kier alpha value is -2.31. The van der Waals surface area contributed by atoms with E-state index in [2.05, 4.69) is 74.6 Å². The topological polar surface area (TPSA) is 214 Å². The third-order valence-electron chi connectivity index (χ3n) is 13.0. The molecule has 0 amide bonds. The van der Waals surface area contributed by atoms with Crippen LogP contribution in [0.5, 0.6) is 0 Å². The fraction of sp³-hybridized carbons (Fsp3) is 0.807. The van der Waals surface area contributed by atoms with Gasteiger partial charge in [-0.1, -0.05) is 171 Å². The number of rotatable bonds is 44. The number of esters is 1. The molecule has 0 saturated carbocycles. The second-order valence-corrected chi connectivity index (χ2v) is 19.4. The van der Waals surface area contributed by atoms with Crippen LogP contribution in [0.4, 0.5) is 0 Å². The summed E-state index contributed by atoms with van der Waals surface area (Å²) in [6.07, 6.45) is 37.1. The number of aliphatic hydroxyl groups excluding tert-OH is 7. The normalized spacial score (nSPS) is 25.8. The predicted octanol–water partition coefficient (Wildman–Crippen LogP) is 9.30. The van der Waals surface area contributed by atoms with Gasteiger partial charge in [0.05, 0.1) is 26.4 Å². The van der Waals surface area contributed by atoms with E-state index in [0.29, 0.717) is 13.0 Å². The van der Waals surface area contributed by atoms with E-state index in [-0.39, 0.29) is 25.6 Å². The Morgan fingerprint density at radius 3 is 1.44 bits per heavy atom. The van der Waals surface area contributed by atoms with Crippen LogP contribution in [0, 0.1) is 0 Å². The fourth-order valence-electron chi connectivity index (χ4n) is 8.51. The first-order valence-corrected chi connectivity index (χ1v) is 27.9. The molecule has 11 unspecified atom stereocenters. The van der Waals surface area contributed by atoms with Crippen LogP contribution in [-0.2, 0) is 33.2 Å². The van der Waals surface area contributed by atoms with Crippen molar-refractivity contribution in [3.8, 4) is 0 Å². The van der Waals surface area contributed by atoms with Gasteiger partial charge in [0, 0.05) is 13.0 Å². The SMILES string of the molecule is CC/C=C\C/C=C\C/C=C\CCCCCCOCC(COC1OC(COC2OC(CO)C(O)C(O)C2O)C(O)C(O)C1O)OC(=O)CCCCCCCCCCCCC/C=C\C/C=C\CCCCCCC. The molecule has 2 heterocycles. The molecule has 2 saturated heterocycles. The lowest BCUT2D eigenvalue weighted by Crippen LogP contribution is -2.61. The molecule has 11 atom stereocenters. The van der Waals surface area contributed by atoms with Crippen molar-refractivity contribution in [2.75, 3.05) is 33.0 Å². The maximum atomic E-state index is 13.1. The van der Waals surface area contributed by atoms with Gasteiger partial charge in [-0.05, 0) is 77.0 Å². The minimum atomic E-state index is -1.71. The van der Waals surface area contributed by atoms with E-state index in [1.54, 1.807) is 0 Å². The molecular formula is C57H100O14. The van der Waals surface area contributed by atoms with Crippen molar-refractivity contribution in [2.45, 2.75) is 261 Å². The summed E-state index contributed by atoms with van der Waals surface area (Å²) in [5.41, 5.74) is 0. The van der Waals surface area contributed by atoms with Gasteiger partial charge < -0.3 is 64.2 Å². The summed E-state index contributed by atoms with van der Waals surface area (Å²) in [7, 11) is 0. The summed E-state index contributed by atoms with van der Waals surface area (Å²) in [4.78, 5) is 13.1. The Kier molecular flexibility index (Phi) is 40.2. The number of hydrogen-bond acceptors (Lipinski definition) is 14. The number of carbonyl (C=O) groups is 1. The minimum absolute atomic E-state index is 0.0438. The molecule has 2 aliphatic heterocycles. The van der Waals surface area contributed by atoms with Gasteiger partial charge in [-0.15, -0.1) is 0 Å². The molecule has 7 N–H and O–H groups in total. The molecule has 14 nitrogen and oxygen atoms in total.